The molecule has 2 heterocycles. The van der Waals surface area contributed by atoms with Crippen molar-refractivity contribution in [3.8, 4) is 0 Å². The monoisotopic (exact) mass is 353 g/mol. The van der Waals surface area contributed by atoms with E-state index in [2.05, 4.69) is 4.98 Å². The summed E-state index contributed by atoms with van der Waals surface area (Å²) in [4.78, 5) is 4.16. The Hall–Kier alpha value is -1.93. The van der Waals surface area contributed by atoms with Gasteiger partial charge < -0.3 is 10.8 Å². The van der Waals surface area contributed by atoms with Gasteiger partial charge in [-0.2, -0.15) is 0 Å². The number of halogens is 1. The average molecular weight is 354 g/mol. The number of nitrogens with zero attached hydrogens (tertiary/aromatic N) is 2. The Morgan fingerprint density at radius 1 is 1.22 bits per heavy atom. The van der Waals surface area contributed by atoms with Crippen LogP contribution in [0.25, 0.3) is 10.9 Å². The third-order valence-corrected chi connectivity index (χ3v) is 5.20. The lowest BCUT2D eigenvalue weighted by Gasteiger charge is -2.15. The number of aliphatic hydroxyl groups excluding tert-OH is 1. The van der Waals surface area contributed by atoms with Crippen LogP contribution in [0.2, 0.25) is 0 Å². The molecule has 0 aliphatic heterocycles. The molecule has 23 heavy (non-hydrogen) atoms. The van der Waals surface area contributed by atoms with Crippen LogP contribution in [0.4, 0.5) is 0 Å². The molecule has 0 saturated heterocycles. The molecule has 1 atom stereocenters. The summed E-state index contributed by atoms with van der Waals surface area (Å²) in [5.41, 5.74) is 6.69. The summed E-state index contributed by atoms with van der Waals surface area (Å²) in [6.45, 7) is -0.353. The molecular formula is C15H16ClN3O3S. The molecule has 3 rings (SSSR count). The van der Waals surface area contributed by atoms with Crippen LogP contribution in [-0.2, 0) is 10.0 Å². The van der Waals surface area contributed by atoms with Gasteiger partial charge in [0.05, 0.1) is 28.8 Å². The SMILES string of the molecule is Cl.N[C@@H](CO)c1cc2cnccc2n1S(=O)(=O)c1ccccc1. The van der Waals surface area contributed by atoms with Gasteiger partial charge in [0.2, 0.25) is 0 Å². The molecule has 0 aliphatic rings. The van der Waals surface area contributed by atoms with E-state index in [4.69, 9.17) is 5.73 Å². The first-order chi connectivity index (χ1) is 10.6. The van der Waals surface area contributed by atoms with Crippen molar-refractivity contribution in [2.24, 2.45) is 5.73 Å². The predicted octanol–water partition coefficient (Wildman–Crippen LogP) is 1.69. The zero-order valence-electron chi connectivity index (χ0n) is 12.0. The van der Waals surface area contributed by atoms with E-state index in [1.807, 2.05) is 0 Å². The molecule has 0 saturated carbocycles. The molecule has 1 aromatic carbocycles. The molecule has 0 aliphatic carbocycles. The molecule has 6 nitrogen and oxygen atoms in total. The van der Waals surface area contributed by atoms with Crippen LogP contribution >= 0.6 is 12.4 Å². The zero-order valence-corrected chi connectivity index (χ0v) is 13.7. The maximum absolute atomic E-state index is 13.0. The van der Waals surface area contributed by atoms with Gasteiger partial charge in [-0.15, -0.1) is 12.4 Å². The maximum Gasteiger partial charge on any atom is 0.268 e. The molecule has 122 valence electrons. The van der Waals surface area contributed by atoms with E-state index in [0.717, 1.165) is 0 Å². The molecule has 3 aromatic rings. The van der Waals surface area contributed by atoms with Gasteiger partial charge in [0.15, 0.2) is 0 Å². The fourth-order valence-corrected chi connectivity index (χ4v) is 3.97. The second kappa shape index (κ2) is 6.67. The van der Waals surface area contributed by atoms with E-state index in [0.29, 0.717) is 16.6 Å². The van der Waals surface area contributed by atoms with Gasteiger partial charge in [0.25, 0.3) is 10.0 Å². The number of nitrogens with two attached hydrogens (primary N) is 1. The Morgan fingerprint density at radius 2 is 1.91 bits per heavy atom. The molecule has 3 N–H and O–H groups in total. The number of hydrogen-bond donors (Lipinski definition) is 2. The minimum atomic E-state index is -3.81. The summed E-state index contributed by atoms with van der Waals surface area (Å²) in [5, 5.41) is 9.98. The summed E-state index contributed by atoms with van der Waals surface area (Å²) >= 11 is 0. The first-order valence-corrected chi connectivity index (χ1v) is 8.12. The molecule has 0 radical (unpaired) electrons. The Morgan fingerprint density at radius 3 is 2.57 bits per heavy atom. The quantitative estimate of drug-likeness (QED) is 0.743. The van der Waals surface area contributed by atoms with Crippen LogP contribution < -0.4 is 5.73 Å². The van der Waals surface area contributed by atoms with Crippen molar-refractivity contribution in [3.05, 3.63) is 60.6 Å². The number of aromatic nitrogens is 2. The van der Waals surface area contributed by atoms with Crippen LogP contribution in [0.5, 0.6) is 0 Å². The fourth-order valence-electron chi connectivity index (χ4n) is 2.37. The maximum atomic E-state index is 13.0. The second-order valence-electron chi connectivity index (χ2n) is 4.88. The molecule has 0 unspecified atom stereocenters. The van der Waals surface area contributed by atoms with Gasteiger partial charge in [0, 0.05) is 17.8 Å². The lowest BCUT2D eigenvalue weighted by atomic mass is 10.2. The van der Waals surface area contributed by atoms with Crippen molar-refractivity contribution in [3.63, 3.8) is 0 Å². The van der Waals surface area contributed by atoms with Gasteiger partial charge in [-0.25, -0.2) is 12.4 Å². The smallest absolute Gasteiger partial charge is 0.268 e. The van der Waals surface area contributed by atoms with E-state index in [-0.39, 0.29) is 23.9 Å². The number of pyridine rings is 1. The van der Waals surface area contributed by atoms with Gasteiger partial charge in [0.1, 0.15) is 0 Å². The van der Waals surface area contributed by atoms with E-state index < -0.39 is 16.1 Å². The summed E-state index contributed by atoms with van der Waals surface area (Å²) < 4.78 is 27.1. The zero-order chi connectivity index (χ0) is 15.7. The minimum absolute atomic E-state index is 0. The summed E-state index contributed by atoms with van der Waals surface area (Å²) in [5.74, 6) is 0. The summed E-state index contributed by atoms with van der Waals surface area (Å²) in [6, 6.07) is 10.6. The third kappa shape index (κ3) is 2.96. The molecular weight excluding hydrogens is 338 g/mol. The number of benzene rings is 1. The topological polar surface area (TPSA) is 98.2 Å². The van der Waals surface area contributed by atoms with Gasteiger partial charge >= 0.3 is 0 Å². The summed E-state index contributed by atoms with van der Waals surface area (Å²) in [7, 11) is -3.81. The van der Waals surface area contributed by atoms with Crippen LogP contribution in [0, 0.1) is 0 Å². The van der Waals surface area contributed by atoms with Crippen LogP contribution in [0.15, 0.2) is 59.8 Å². The van der Waals surface area contributed by atoms with Crippen LogP contribution in [0.3, 0.4) is 0 Å². The van der Waals surface area contributed by atoms with E-state index in [1.165, 1.54) is 22.3 Å². The number of fused-ring (bicyclic) bond motifs is 1. The first kappa shape index (κ1) is 17.4. The van der Waals surface area contributed by atoms with Crippen LogP contribution in [0.1, 0.15) is 11.7 Å². The third-order valence-electron chi connectivity index (χ3n) is 3.44. The van der Waals surface area contributed by atoms with Crippen molar-refractivity contribution in [2.45, 2.75) is 10.9 Å². The standard InChI is InChI=1S/C15H15N3O3S.ClH/c16-13(10-19)15-8-11-9-17-7-6-14(11)18(15)22(20,21)12-4-2-1-3-5-12;/h1-9,13,19H,10,16H2;1H/t13-;/m0./s1. The molecule has 2 aromatic heterocycles. The Labute approximate surface area is 140 Å². The van der Waals surface area contributed by atoms with Crippen LogP contribution in [-0.4, -0.2) is 29.1 Å². The highest BCUT2D eigenvalue weighted by Gasteiger charge is 2.25. The van der Waals surface area contributed by atoms with Crippen molar-refractivity contribution in [1.29, 1.82) is 0 Å². The highest BCUT2D eigenvalue weighted by Crippen LogP contribution is 2.27. The summed E-state index contributed by atoms with van der Waals surface area (Å²) in [6.07, 6.45) is 3.09. The van der Waals surface area contributed by atoms with Gasteiger partial charge in [-0.3, -0.25) is 4.98 Å². The Balaban J connectivity index is 0.00000192. The van der Waals surface area contributed by atoms with E-state index in [1.54, 1.807) is 36.5 Å². The Kier molecular flexibility index (Phi) is 5.06. The van der Waals surface area contributed by atoms with Gasteiger partial charge in [-0.05, 0) is 24.3 Å². The number of hydrogen-bond acceptors (Lipinski definition) is 5. The predicted molar refractivity (Wildman–Crippen MR) is 90.0 cm³/mol. The number of aliphatic hydroxyl groups is 1. The highest BCUT2D eigenvalue weighted by atomic mass is 35.5. The largest absolute Gasteiger partial charge is 0.394 e. The molecule has 0 fully saturated rings. The first-order valence-electron chi connectivity index (χ1n) is 6.68. The normalized spacial score (nSPS) is 12.8. The lowest BCUT2D eigenvalue weighted by molar-refractivity contribution is 0.265. The van der Waals surface area contributed by atoms with Crippen molar-refractivity contribution in [1.82, 2.24) is 8.96 Å². The molecule has 0 spiro atoms. The average Bonchev–Trinajstić information content (AvgIpc) is 2.95. The van der Waals surface area contributed by atoms with E-state index in [9.17, 15) is 13.5 Å². The molecule has 0 bridgehead atoms. The second-order valence-corrected chi connectivity index (χ2v) is 6.66. The van der Waals surface area contributed by atoms with Gasteiger partial charge in [-0.1, -0.05) is 18.2 Å². The highest BCUT2D eigenvalue weighted by molar-refractivity contribution is 7.90. The molecule has 0 amide bonds. The minimum Gasteiger partial charge on any atom is -0.394 e. The van der Waals surface area contributed by atoms with Crippen molar-refractivity contribution < 1.29 is 13.5 Å². The lowest BCUT2D eigenvalue weighted by Crippen LogP contribution is -2.23. The van der Waals surface area contributed by atoms with Crippen molar-refractivity contribution >= 4 is 33.3 Å². The molecule has 8 heteroatoms. The van der Waals surface area contributed by atoms with E-state index >= 15 is 0 Å². The Bertz CT molecular complexity index is 910. The fraction of sp³-hybridized carbons (Fsp3) is 0.133. The van der Waals surface area contributed by atoms with Crippen molar-refractivity contribution in [2.75, 3.05) is 6.61 Å². The number of rotatable bonds is 4.